The van der Waals surface area contributed by atoms with E-state index in [0.717, 1.165) is 6.42 Å². The quantitative estimate of drug-likeness (QED) is 0.385. The zero-order valence-corrected chi connectivity index (χ0v) is 23.5. The number of carbonyl (C=O) groups is 1. The predicted molar refractivity (Wildman–Crippen MR) is 148 cm³/mol. The number of amides is 1. The van der Waals surface area contributed by atoms with Crippen LogP contribution in [-0.2, 0) is 10.0 Å². The van der Waals surface area contributed by atoms with Gasteiger partial charge in [-0.05, 0) is 80.6 Å². The minimum atomic E-state index is -4.21. The number of ether oxygens (including phenoxy) is 1. The molecule has 39 heavy (non-hydrogen) atoms. The molecule has 1 aliphatic heterocycles. The molecule has 1 aromatic heterocycles. The number of nitrogens with zero attached hydrogens (tertiary/aromatic N) is 2. The molecule has 208 valence electrons. The van der Waals surface area contributed by atoms with Gasteiger partial charge in [0.1, 0.15) is 23.1 Å². The van der Waals surface area contributed by atoms with Gasteiger partial charge in [-0.15, -0.1) is 0 Å². The number of sulfonamides is 1. The number of phenols is 1. The van der Waals surface area contributed by atoms with E-state index in [1.807, 2.05) is 32.6 Å². The van der Waals surface area contributed by atoms with E-state index in [1.165, 1.54) is 42.5 Å². The van der Waals surface area contributed by atoms with Gasteiger partial charge in [0.15, 0.2) is 0 Å². The first-order valence-electron chi connectivity index (χ1n) is 12.8. The standard InChI is InChI=1S/C29H34FN3O5S/c1-18(2)17-38-23-13-20(12-21(30)14-23)26-11-10-25(27(31-26)33-16-19(3)15-29(33,4)5)28(35)32-39(36,37)24-8-6-22(34)7-9-24/h6-14,18-19,34H,15-17H2,1-5H3,(H,32,35)/t19-/m0/s1. The van der Waals surface area contributed by atoms with Crippen LogP contribution in [0.15, 0.2) is 59.5 Å². The maximum Gasteiger partial charge on any atom is 0.268 e. The molecule has 2 N–H and O–H groups in total. The Labute approximate surface area is 228 Å². The normalized spacial score (nSPS) is 16.9. The largest absolute Gasteiger partial charge is 0.508 e. The number of hydrogen-bond acceptors (Lipinski definition) is 7. The number of hydrogen-bond donors (Lipinski definition) is 2. The fourth-order valence-corrected chi connectivity index (χ4v) is 5.84. The molecule has 0 saturated carbocycles. The minimum absolute atomic E-state index is 0.0796. The summed E-state index contributed by atoms with van der Waals surface area (Å²) in [4.78, 5) is 20.0. The Morgan fingerprint density at radius 1 is 1.18 bits per heavy atom. The summed E-state index contributed by atoms with van der Waals surface area (Å²) < 4.78 is 48.2. The van der Waals surface area contributed by atoms with Crippen LogP contribution in [0.4, 0.5) is 10.2 Å². The summed E-state index contributed by atoms with van der Waals surface area (Å²) in [6.07, 6.45) is 0.846. The van der Waals surface area contributed by atoms with Gasteiger partial charge in [-0.3, -0.25) is 4.79 Å². The zero-order valence-electron chi connectivity index (χ0n) is 22.7. The maximum atomic E-state index is 14.5. The Morgan fingerprint density at radius 3 is 2.49 bits per heavy atom. The highest BCUT2D eigenvalue weighted by Crippen LogP contribution is 2.38. The molecule has 0 radical (unpaired) electrons. The van der Waals surface area contributed by atoms with Gasteiger partial charge in [0.25, 0.3) is 15.9 Å². The van der Waals surface area contributed by atoms with E-state index >= 15 is 0 Å². The van der Waals surface area contributed by atoms with Gasteiger partial charge in [0, 0.05) is 23.7 Å². The fraction of sp³-hybridized carbons (Fsp3) is 0.379. The molecular weight excluding hydrogens is 521 g/mol. The van der Waals surface area contributed by atoms with E-state index in [1.54, 1.807) is 12.1 Å². The molecule has 1 aliphatic rings. The van der Waals surface area contributed by atoms with Crippen LogP contribution in [-0.4, -0.2) is 43.1 Å². The zero-order chi connectivity index (χ0) is 28.5. The van der Waals surface area contributed by atoms with E-state index in [0.29, 0.717) is 41.9 Å². The Hall–Kier alpha value is -3.66. The van der Waals surface area contributed by atoms with Crippen molar-refractivity contribution in [3.8, 4) is 22.8 Å². The lowest BCUT2D eigenvalue weighted by molar-refractivity contribution is 0.0981. The lowest BCUT2D eigenvalue weighted by Gasteiger charge is -2.34. The molecule has 1 amide bonds. The number of nitrogens with one attached hydrogen (secondary N) is 1. The fourth-order valence-electron chi connectivity index (χ4n) is 4.87. The number of carbonyl (C=O) groups excluding carboxylic acids is 1. The van der Waals surface area contributed by atoms with Crippen LogP contribution >= 0.6 is 0 Å². The van der Waals surface area contributed by atoms with Crippen LogP contribution in [0.1, 0.15) is 51.4 Å². The van der Waals surface area contributed by atoms with Crippen molar-refractivity contribution < 1.29 is 27.4 Å². The van der Waals surface area contributed by atoms with Gasteiger partial charge in [0.05, 0.1) is 22.8 Å². The molecule has 1 fully saturated rings. The van der Waals surface area contributed by atoms with Gasteiger partial charge in [-0.2, -0.15) is 0 Å². The molecule has 0 bridgehead atoms. The maximum absolute atomic E-state index is 14.5. The summed E-state index contributed by atoms with van der Waals surface area (Å²) in [7, 11) is -4.21. The molecular formula is C29H34FN3O5S. The summed E-state index contributed by atoms with van der Waals surface area (Å²) >= 11 is 0. The van der Waals surface area contributed by atoms with Gasteiger partial charge in [-0.25, -0.2) is 22.5 Å². The second-order valence-electron chi connectivity index (χ2n) is 11.1. The highest BCUT2D eigenvalue weighted by molar-refractivity contribution is 7.90. The third-order valence-electron chi connectivity index (χ3n) is 6.57. The van der Waals surface area contributed by atoms with E-state index < -0.39 is 21.7 Å². The highest BCUT2D eigenvalue weighted by atomic mass is 32.2. The van der Waals surface area contributed by atoms with Crippen molar-refractivity contribution in [2.75, 3.05) is 18.1 Å². The van der Waals surface area contributed by atoms with E-state index in [4.69, 9.17) is 9.72 Å². The summed E-state index contributed by atoms with van der Waals surface area (Å²) in [6.45, 7) is 11.2. The second kappa shape index (κ2) is 10.8. The Kier molecular flexibility index (Phi) is 7.88. The molecule has 1 saturated heterocycles. The SMILES string of the molecule is CC(C)COc1cc(F)cc(-c2ccc(C(=O)NS(=O)(=O)c3ccc(O)cc3)c(N3C[C@@H](C)CC3(C)C)n2)c1. The van der Waals surface area contributed by atoms with E-state index in [2.05, 4.69) is 11.6 Å². The number of aromatic nitrogens is 1. The molecule has 4 rings (SSSR count). The molecule has 0 unspecified atom stereocenters. The van der Waals surface area contributed by atoms with Crippen LogP contribution in [0.5, 0.6) is 11.5 Å². The van der Waals surface area contributed by atoms with E-state index in [-0.39, 0.29) is 27.7 Å². The van der Waals surface area contributed by atoms with Crippen LogP contribution in [0.2, 0.25) is 0 Å². The number of benzene rings is 2. The first-order chi connectivity index (χ1) is 18.2. The monoisotopic (exact) mass is 555 g/mol. The topological polar surface area (TPSA) is 109 Å². The summed E-state index contributed by atoms with van der Waals surface area (Å²) in [5.74, 6) is -0.154. The van der Waals surface area contributed by atoms with Crippen molar-refractivity contribution >= 4 is 21.7 Å². The molecule has 2 aromatic carbocycles. The third-order valence-corrected chi connectivity index (χ3v) is 7.92. The summed E-state index contributed by atoms with van der Waals surface area (Å²) in [5.41, 5.74) is 0.621. The molecule has 0 aliphatic carbocycles. The van der Waals surface area contributed by atoms with Crippen LogP contribution < -0.4 is 14.4 Å². The van der Waals surface area contributed by atoms with Crippen LogP contribution in [0.25, 0.3) is 11.3 Å². The molecule has 3 aromatic rings. The predicted octanol–water partition coefficient (Wildman–Crippen LogP) is 5.37. The third kappa shape index (κ3) is 6.50. The van der Waals surface area contributed by atoms with Crippen molar-refractivity contribution in [1.29, 1.82) is 0 Å². The Balaban J connectivity index is 1.76. The first-order valence-corrected chi connectivity index (χ1v) is 14.3. The average molecular weight is 556 g/mol. The van der Waals surface area contributed by atoms with Gasteiger partial charge in [0.2, 0.25) is 0 Å². The number of anilines is 1. The highest BCUT2D eigenvalue weighted by Gasteiger charge is 2.39. The van der Waals surface area contributed by atoms with Gasteiger partial charge in [-0.1, -0.05) is 20.8 Å². The number of pyridine rings is 1. The van der Waals surface area contributed by atoms with Crippen molar-refractivity contribution in [2.45, 2.75) is 51.5 Å². The van der Waals surface area contributed by atoms with Crippen LogP contribution in [0, 0.1) is 17.7 Å². The van der Waals surface area contributed by atoms with Crippen molar-refractivity contribution in [2.24, 2.45) is 11.8 Å². The lowest BCUT2D eigenvalue weighted by Crippen LogP contribution is -2.41. The Bertz CT molecular complexity index is 1470. The smallest absolute Gasteiger partial charge is 0.268 e. The molecule has 2 heterocycles. The number of phenolic OH excluding ortho intramolecular Hbond substituents is 1. The molecule has 0 spiro atoms. The number of aromatic hydroxyl groups is 1. The summed E-state index contributed by atoms with van der Waals surface area (Å²) in [6, 6.07) is 12.3. The van der Waals surface area contributed by atoms with E-state index in [9.17, 15) is 22.7 Å². The second-order valence-corrected chi connectivity index (χ2v) is 12.8. The van der Waals surface area contributed by atoms with Crippen LogP contribution in [0.3, 0.4) is 0 Å². The minimum Gasteiger partial charge on any atom is -0.508 e. The molecule has 10 heteroatoms. The molecule has 8 nitrogen and oxygen atoms in total. The first kappa shape index (κ1) is 28.4. The van der Waals surface area contributed by atoms with Gasteiger partial charge < -0.3 is 14.7 Å². The van der Waals surface area contributed by atoms with Gasteiger partial charge >= 0.3 is 0 Å². The van der Waals surface area contributed by atoms with Crippen molar-refractivity contribution in [1.82, 2.24) is 9.71 Å². The average Bonchev–Trinajstić information content (AvgIpc) is 3.13. The number of halogens is 1. The summed E-state index contributed by atoms with van der Waals surface area (Å²) in [5, 5.41) is 9.49. The lowest BCUT2D eigenvalue weighted by atomic mass is 9.97. The number of rotatable bonds is 8. The van der Waals surface area contributed by atoms with Crippen molar-refractivity contribution in [3.05, 3.63) is 66.0 Å². The van der Waals surface area contributed by atoms with Crippen molar-refractivity contribution in [3.63, 3.8) is 0 Å². The molecule has 1 atom stereocenters. The Morgan fingerprint density at radius 2 is 1.87 bits per heavy atom.